The zero-order valence-corrected chi connectivity index (χ0v) is 12.7. The number of anilines is 1. The molecule has 0 heterocycles. The van der Waals surface area contributed by atoms with Crippen molar-refractivity contribution < 1.29 is 27.9 Å². The molecule has 132 valence electrons. The lowest BCUT2D eigenvalue weighted by molar-refractivity contribution is -0.386. The highest BCUT2D eigenvalue weighted by molar-refractivity contribution is 5.83. The van der Waals surface area contributed by atoms with Gasteiger partial charge in [0.1, 0.15) is 0 Å². The number of alkyl halides is 3. The average Bonchev–Trinajstić information content (AvgIpc) is 2.55. The maximum atomic E-state index is 12.9. The van der Waals surface area contributed by atoms with Gasteiger partial charge in [-0.25, -0.2) is 0 Å². The van der Waals surface area contributed by atoms with Gasteiger partial charge in [-0.2, -0.15) is 18.3 Å². The number of hydrazone groups is 1. The largest absolute Gasteiger partial charge is 0.500 e. The molecule has 0 amide bonds. The zero-order valence-electron chi connectivity index (χ0n) is 12.7. The third-order valence-corrected chi connectivity index (χ3v) is 3.12. The van der Waals surface area contributed by atoms with Gasteiger partial charge in [-0.05, 0) is 18.2 Å². The van der Waals surface area contributed by atoms with Gasteiger partial charge in [0.15, 0.2) is 5.75 Å². The molecule has 0 aliphatic heterocycles. The van der Waals surface area contributed by atoms with E-state index in [-0.39, 0.29) is 17.0 Å². The number of hydrogen-bond donors (Lipinski definition) is 2. The number of para-hydroxylation sites is 1. The van der Waals surface area contributed by atoms with Crippen LogP contribution >= 0.6 is 0 Å². The van der Waals surface area contributed by atoms with Gasteiger partial charge in [-0.15, -0.1) is 0 Å². The zero-order chi connectivity index (χ0) is 18.6. The maximum Gasteiger partial charge on any atom is 0.418 e. The van der Waals surface area contributed by atoms with Crippen LogP contribution in [0.1, 0.15) is 11.1 Å². The number of nitro groups is 1. The molecule has 2 aromatic carbocycles. The van der Waals surface area contributed by atoms with E-state index in [9.17, 15) is 28.4 Å². The lowest BCUT2D eigenvalue weighted by Crippen LogP contribution is -2.08. The van der Waals surface area contributed by atoms with Crippen molar-refractivity contribution in [3.63, 3.8) is 0 Å². The number of nitrogens with one attached hydrogen (secondary N) is 1. The summed E-state index contributed by atoms with van der Waals surface area (Å²) in [7, 11) is 1.21. The predicted octanol–water partition coefficient (Wildman–Crippen LogP) is 3.77. The van der Waals surface area contributed by atoms with Gasteiger partial charge in [0.05, 0.1) is 29.5 Å². The summed E-state index contributed by atoms with van der Waals surface area (Å²) < 4.78 is 43.4. The van der Waals surface area contributed by atoms with Gasteiger partial charge in [-0.3, -0.25) is 15.5 Å². The van der Waals surface area contributed by atoms with Crippen molar-refractivity contribution in [3.8, 4) is 11.5 Å². The van der Waals surface area contributed by atoms with Crippen molar-refractivity contribution in [2.45, 2.75) is 6.18 Å². The van der Waals surface area contributed by atoms with E-state index in [0.29, 0.717) is 0 Å². The van der Waals surface area contributed by atoms with Gasteiger partial charge in [0.2, 0.25) is 5.75 Å². The summed E-state index contributed by atoms with van der Waals surface area (Å²) in [5.74, 6) is -0.814. The Morgan fingerprint density at radius 3 is 2.60 bits per heavy atom. The highest BCUT2D eigenvalue weighted by atomic mass is 19.4. The standard InChI is InChI=1S/C15H12F3N3O4/c1-25-13-7-9(6-12(14(13)22)21(23)24)8-19-20-11-5-3-2-4-10(11)15(16,17)18/h2-8,20,22H,1H3/b19-8-. The molecule has 0 aliphatic rings. The van der Waals surface area contributed by atoms with Crippen LogP contribution in [0.5, 0.6) is 11.5 Å². The summed E-state index contributed by atoms with van der Waals surface area (Å²) in [6.07, 6.45) is -3.48. The molecule has 0 atom stereocenters. The van der Waals surface area contributed by atoms with E-state index < -0.39 is 28.1 Å². The minimum absolute atomic E-state index is 0.151. The number of ether oxygens (including phenoxy) is 1. The van der Waals surface area contributed by atoms with E-state index in [0.717, 1.165) is 18.3 Å². The van der Waals surface area contributed by atoms with Crippen LogP contribution in [-0.2, 0) is 6.18 Å². The van der Waals surface area contributed by atoms with Crippen LogP contribution in [0.2, 0.25) is 0 Å². The van der Waals surface area contributed by atoms with Crippen LogP contribution in [0.15, 0.2) is 41.5 Å². The quantitative estimate of drug-likeness (QED) is 0.483. The number of aromatic hydroxyl groups is 1. The molecule has 2 aromatic rings. The van der Waals surface area contributed by atoms with Crippen molar-refractivity contribution in [1.29, 1.82) is 0 Å². The molecular weight excluding hydrogens is 343 g/mol. The van der Waals surface area contributed by atoms with Crippen molar-refractivity contribution in [2.24, 2.45) is 5.10 Å². The molecule has 0 fully saturated rings. The Hall–Kier alpha value is -3.30. The fourth-order valence-corrected chi connectivity index (χ4v) is 1.99. The topological polar surface area (TPSA) is 97.0 Å². The van der Waals surface area contributed by atoms with Crippen molar-refractivity contribution in [1.82, 2.24) is 0 Å². The Morgan fingerprint density at radius 1 is 1.32 bits per heavy atom. The highest BCUT2D eigenvalue weighted by Gasteiger charge is 2.33. The molecule has 0 unspecified atom stereocenters. The Morgan fingerprint density at radius 2 is 2.00 bits per heavy atom. The molecule has 2 rings (SSSR count). The molecule has 0 bridgehead atoms. The van der Waals surface area contributed by atoms with Crippen molar-refractivity contribution in [2.75, 3.05) is 12.5 Å². The molecule has 0 saturated carbocycles. The normalized spacial score (nSPS) is 11.5. The van der Waals surface area contributed by atoms with Crippen LogP contribution in [-0.4, -0.2) is 23.4 Å². The monoisotopic (exact) mass is 355 g/mol. The maximum absolute atomic E-state index is 12.9. The lowest BCUT2D eigenvalue weighted by atomic mass is 10.2. The Balaban J connectivity index is 2.30. The third-order valence-electron chi connectivity index (χ3n) is 3.12. The van der Waals surface area contributed by atoms with E-state index in [1.807, 2.05) is 0 Å². The second-order valence-electron chi connectivity index (χ2n) is 4.76. The highest BCUT2D eigenvalue weighted by Crippen LogP contribution is 2.37. The Kier molecular flexibility index (Phi) is 5.11. The first-order valence-electron chi connectivity index (χ1n) is 6.74. The molecule has 25 heavy (non-hydrogen) atoms. The smallest absolute Gasteiger partial charge is 0.418 e. The number of nitrogens with zero attached hydrogens (tertiary/aromatic N) is 2. The molecule has 0 spiro atoms. The van der Waals surface area contributed by atoms with Gasteiger partial charge < -0.3 is 9.84 Å². The van der Waals surface area contributed by atoms with Crippen LogP contribution in [0.4, 0.5) is 24.5 Å². The average molecular weight is 355 g/mol. The van der Waals surface area contributed by atoms with E-state index in [1.165, 1.54) is 31.4 Å². The number of phenols is 1. The molecule has 0 saturated heterocycles. The number of benzene rings is 2. The first kappa shape index (κ1) is 18.0. The van der Waals surface area contributed by atoms with Crippen LogP contribution < -0.4 is 10.2 Å². The summed E-state index contributed by atoms with van der Waals surface area (Å²) in [5, 5.41) is 24.2. The van der Waals surface area contributed by atoms with Crippen molar-refractivity contribution in [3.05, 3.63) is 57.6 Å². The summed E-state index contributed by atoms with van der Waals surface area (Å²) >= 11 is 0. The van der Waals surface area contributed by atoms with Crippen molar-refractivity contribution >= 4 is 17.6 Å². The van der Waals surface area contributed by atoms with E-state index in [4.69, 9.17) is 4.74 Å². The Labute approximate surface area is 139 Å². The number of nitro benzene ring substituents is 1. The molecule has 10 heteroatoms. The second kappa shape index (κ2) is 7.07. The first-order chi connectivity index (χ1) is 11.7. The molecule has 0 aromatic heterocycles. The van der Waals surface area contributed by atoms with Gasteiger partial charge in [0.25, 0.3) is 0 Å². The minimum atomic E-state index is -4.56. The predicted molar refractivity (Wildman–Crippen MR) is 84.0 cm³/mol. The third kappa shape index (κ3) is 4.16. The summed E-state index contributed by atoms with van der Waals surface area (Å²) in [5.41, 5.74) is 0.609. The summed E-state index contributed by atoms with van der Waals surface area (Å²) in [4.78, 5) is 10.1. The number of phenolic OH excluding ortho intramolecular Hbond substituents is 1. The van der Waals surface area contributed by atoms with Crippen LogP contribution in [0, 0.1) is 10.1 Å². The van der Waals surface area contributed by atoms with Crippen LogP contribution in [0.25, 0.3) is 0 Å². The number of halogens is 3. The summed E-state index contributed by atoms with van der Waals surface area (Å²) in [6, 6.07) is 7.00. The number of hydrogen-bond acceptors (Lipinski definition) is 6. The minimum Gasteiger partial charge on any atom is -0.500 e. The molecule has 0 aliphatic carbocycles. The van der Waals surface area contributed by atoms with Gasteiger partial charge in [0, 0.05) is 11.6 Å². The first-order valence-corrected chi connectivity index (χ1v) is 6.74. The van der Waals surface area contributed by atoms with Gasteiger partial charge in [-0.1, -0.05) is 12.1 Å². The number of methoxy groups -OCH3 is 1. The fourth-order valence-electron chi connectivity index (χ4n) is 1.99. The summed E-state index contributed by atoms with van der Waals surface area (Å²) in [6.45, 7) is 0. The Bertz CT molecular complexity index is 822. The lowest BCUT2D eigenvalue weighted by Gasteiger charge is -2.11. The van der Waals surface area contributed by atoms with E-state index in [1.54, 1.807) is 0 Å². The fraction of sp³-hybridized carbons (Fsp3) is 0.133. The number of rotatable bonds is 5. The second-order valence-corrected chi connectivity index (χ2v) is 4.76. The van der Waals surface area contributed by atoms with Gasteiger partial charge >= 0.3 is 11.9 Å². The van der Waals surface area contributed by atoms with E-state index in [2.05, 4.69) is 10.5 Å². The molecule has 0 radical (unpaired) electrons. The van der Waals surface area contributed by atoms with E-state index >= 15 is 0 Å². The molecule has 2 N–H and O–H groups in total. The SMILES string of the molecule is COc1cc(/C=N\Nc2ccccc2C(F)(F)F)cc([N+](=O)[O-])c1O. The van der Waals surface area contributed by atoms with Crippen LogP contribution in [0.3, 0.4) is 0 Å². The molecule has 7 nitrogen and oxygen atoms in total. The molecular formula is C15H12F3N3O4.